The minimum absolute atomic E-state index is 0.223. The molecule has 1 aromatic heterocycles. The summed E-state index contributed by atoms with van der Waals surface area (Å²) in [5.41, 5.74) is 2.79. The highest BCUT2D eigenvalue weighted by Gasteiger charge is 2.34. The van der Waals surface area contributed by atoms with Crippen LogP contribution in [-0.2, 0) is 24.1 Å². The highest BCUT2D eigenvalue weighted by atomic mass is 16.5. The minimum atomic E-state index is 0.223. The van der Waals surface area contributed by atoms with Gasteiger partial charge in [0.2, 0.25) is 0 Å². The molecule has 1 atom stereocenters. The van der Waals surface area contributed by atoms with E-state index in [-0.39, 0.29) is 5.41 Å². The van der Waals surface area contributed by atoms with Crippen LogP contribution in [0.1, 0.15) is 51.9 Å². The van der Waals surface area contributed by atoms with Crippen LogP contribution in [0.5, 0.6) is 0 Å². The summed E-state index contributed by atoms with van der Waals surface area (Å²) < 4.78 is 8.00. The zero-order valence-corrected chi connectivity index (χ0v) is 14.1. The van der Waals surface area contributed by atoms with E-state index in [0.717, 1.165) is 39.1 Å². The quantitative estimate of drug-likeness (QED) is 0.840. The van der Waals surface area contributed by atoms with Gasteiger partial charge in [-0.25, -0.2) is 0 Å². The van der Waals surface area contributed by atoms with Crippen molar-refractivity contribution in [1.82, 2.24) is 15.1 Å². The molecule has 1 fully saturated rings. The predicted molar refractivity (Wildman–Crippen MR) is 86.6 cm³/mol. The van der Waals surface area contributed by atoms with E-state index in [1.54, 1.807) is 0 Å². The summed E-state index contributed by atoms with van der Waals surface area (Å²) in [7, 11) is 0. The van der Waals surface area contributed by atoms with Crippen LogP contribution in [0.15, 0.2) is 6.07 Å². The van der Waals surface area contributed by atoms with E-state index < -0.39 is 0 Å². The Morgan fingerprint density at radius 2 is 2.24 bits per heavy atom. The summed E-state index contributed by atoms with van der Waals surface area (Å²) in [6.07, 6.45) is 4.48. The number of hydrogen-bond donors (Lipinski definition) is 1. The van der Waals surface area contributed by atoms with Gasteiger partial charge in [-0.2, -0.15) is 5.10 Å². The van der Waals surface area contributed by atoms with E-state index >= 15 is 0 Å². The number of aromatic nitrogens is 2. The zero-order chi connectivity index (χ0) is 15.3. The van der Waals surface area contributed by atoms with Crippen molar-refractivity contribution in [3.8, 4) is 0 Å². The van der Waals surface area contributed by atoms with Gasteiger partial charge in [0.25, 0.3) is 0 Å². The van der Waals surface area contributed by atoms with Crippen LogP contribution in [0.2, 0.25) is 0 Å². The molecule has 1 unspecified atom stereocenters. The lowest BCUT2D eigenvalue weighted by molar-refractivity contribution is -0.00900. The summed E-state index contributed by atoms with van der Waals surface area (Å²) in [5, 5.41) is 8.32. The lowest BCUT2D eigenvalue weighted by Gasteiger charge is -2.38. The van der Waals surface area contributed by atoms with Gasteiger partial charge in [-0.05, 0) is 38.7 Å². The van der Waals surface area contributed by atoms with E-state index in [0.29, 0.717) is 6.04 Å². The molecule has 1 saturated heterocycles. The molecule has 120 valence electrons. The molecule has 0 saturated carbocycles. The molecule has 0 radical (unpaired) electrons. The molecular weight excluding hydrogens is 262 g/mol. The average Bonchev–Trinajstić information content (AvgIpc) is 2.88. The van der Waals surface area contributed by atoms with Gasteiger partial charge >= 0.3 is 0 Å². The summed E-state index contributed by atoms with van der Waals surface area (Å²) >= 11 is 0. The van der Waals surface area contributed by atoms with Gasteiger partial charge in [0.05, 0.1) is 12.3 Å². The SMILES string of the molecule is CCc1cc(CC2(CNC(C)C)CCCOC2)n(CC)n1. The molecule has 0 aromatic carbocycles. The van der Waals surface area contributed by atoms with Crippen molar-refractivity contribution in [2.24, 2.45) is 5.41 Å². The molecule has 0 aliphatic carbocycles. The maximum absolute atomic E-state index is 5.83. The minimum Gasteiger partial charge on any atom is -0.381 e. The molecule has 2 heterocycles. The number of rotatable bonds is 7. The molecule has 4 heteroatoms. The lowest BCUT2D eigenvalue weighted by atomic mass is 9.78. The third-order valence-corrected chi connectivity index (χ3v) is 4.42. The Kier molecular flexibility index (Phi) is 5.82. The molecule has 0 spiro atoms. The van der Waals surface area contributed by atoms with E-state index in [4.69, 9.17) is 9.84 Å². The van der Waals surface area contributed by atoms with E-state index in [1.807, 2.05) is 0 Å². The van der Waals surface area contributed by atoms with Gasteiger partial charge < -0.3 is 10.1 Å². The Bertz CT molecular complexity index is 433. The maximum Gasteiger partial charge on any atom is 0.0624 e. The second-order valence-corrected chi connectivity index (χ2v) is 6.66. The third kappa shape index (κ3) is 4.30. The molecule has 4 nitrogen and oxygen atoms in total. The number of nitrogens with zero attached hydrogens (tertiary/aromatic N) is 2. The standard InChI is InChI=1S/C17H31N3O/c1-5-15-10-16(20(6-2)19-15)11-17(12-18-14(3)4)8-7-9-21-13-17/h10,14,18H,5-9,11-13H2,1-4H3. The predicted octanol–water partition coefficient (Wildman–Crippen LogP) is 2.80. The Morgan fingerprint density at radius 1 is 1.43 bits per heavy atom. The first-order valence-electron chi connectivity index (χ1n) is 8.45. The number of aryl methyl sites for hydroxylation is 2. The molecule has 1 aliphatic heterocycles. The first-order valence-corrected chi connectivity index (χ1v) is 8.45. The van der Waals surface area contributed by atoms with Gasteiger partial charge in [0.15, 0.2) is 0 Å². The van der Waals surface area contributed by atoms with Crippen LogP contribution in [0.4, 0.5) is 0 Å². The average molecular weight is 293 g/mol. The molecule has 1 aliphatic rings. The molecule has 1 N–H and O–H groups in total. The van der Waals surface area contributed by atoms with Crippen molar-refractivity contribution in [3.63, 3.8) is 0 Å². The number of hydrogen-bond acceptors (Lipinski definition) is 3. The fraction of sp³-hybridized carbons (Fsp3) is 0.824. The van der Waals surface area contributed by atoms with Crippen LogP contribution in [0.25, 0.3) is 0 Å². The summed E-state index contributed by atoms with van der Waals surface area (Å²) in [4.78, 5) is 0. The first-order chi connectivity index (χ1) is 10.1. The Morgan fingerprint density at radius 3 is 2.81 bits per heavy atom. The number of nitrogens with one attached hydrogen (secondary N) is 1. The van der Waals surface area contributed by atoms with Gasteiger partial charge in [-0.3, -0.25) is 4.68 Å². The topological polar surface area (TPSA) is 39.1 Å². The molecular formula is C17H31N3O. The Hall–Kier alpha value is -0.870. The van der Waals surface area contributed by atoms with Crippen molar-refractivity contribution in [2.45, 2.75) is 66.0 Å². The van der Waals surface area contributed by atoms with Gasteiger partial charge in [0, 0.05) is 36.8 Å². The lowest BCUT2D eigenvalue weighted by Crippen LogP contribution is -2.44. The molecule has 2 rings (SSSR count). The number of ether oxygens (including phenoxy) is 1. The molecule has 21 heavy (non-hydrogen) atoms. The molecule has 1 aromatic rings. The van der Waals surface area contributed by atoms with Crippen molar-refractivity contribution in [3.05, 3.63) is 17.5 Å². The molecule has 0 bridgehead atoms. The first kappa shape index (κ1) is 16.5. The van der Waals surface area contributed by atoms with Crippen molar-refractivity contribution >= 4 is 0 Å². The van der Waals surface area contributed by atoms with Gasteiger partial charge in [-0.15, -0.1) is 0 Å². The van der Waals surface area contributed by atoms with Crippen LogP contribution in [0.3, 0.4) is 0 Å². The largest absolute Gasteiger partial charge is 0.381 e. The highest BCUT2D eigenvalue weighted by molar-refractivity contribution is 5.13. The fourth-order valence-electron chi connectivity index (χ4n) is 3.16. The van der Waals surface area contributed by atoms with Crippen molar-refractivity contribution in [2.75, 3.05) is 19.8 Å². The molecule has 0 amide bonds. The zero-order valence-electron chi connectivity index (χ0n) is 14.1. The van der Waals surface area contributed by atoms with Crippen LogP contribution >= 0.6 is 0 Å². The van der Waals surface area contributed by atoms with E-state index in [9.17, 15) is 0 Å². The van der Waals surface area contributed by atoms with Crippen molar-refractivity contribution in [1.29, 1.82) is 0 Å². The second kappa shape index (κ2) is 7.41. The smallest absolute Gasteiger partial charge is 0.0624 e. The highest BCUT2D eigenvalue weighted by Crippen LogP contribution is 2.32. The van der Waals surface area contributed by atoms with Crippen molar-refractivity contribution < 1.29 is 4.74 Å². The second-order valence-electron chi connectivity index (χ2n) is 6.66. The van der Waals surface area contributed by atoms with E-state index in [2.05, 4.69) is 43.8 Å². The fourth-order valence-corrected chi connectivity index (χ4v) is 3.16. The summed E-state index contributed by atoms with van der Waals surface area (Å²) in [6.45, 7) is 12.5. The van der Waals surface area contributed by atoms with Crippen LogP contribution < -0.4 is 5.32 Å². The van der Waals surface area contributed by atoms with Gasteiger partial charge in [-0.1, -0.05) is 20.8 Å². The van der Waals surface area contributed by atoms with Crippen LogP contribution in [-0.4, -0.2) is 35.6 Å². The maximum atomic E-state index is 5.83. The summed E-state index contributed by atoms with van der Waals surface area (Å²) in [5.74, 6) is 0. The third-order valence-electron chi connectivity index (χ3n) is 4.42. The van der Waals surface area contributed by atoms with Gasteiger partial charge in [0.1, 0.15) is 0 Å². The normalized spacial score (nSPS) is 22.9. The van der Waals surface area contributed by atoms with E-state index in [1.165, 1.54) is 24.2 Å². The monoisotopic (exact) mass is 293 g/mol. The summed E-state index contributed by atoms with van der Waals surface area (Å²) in [6, 6.07) is 2.81. The Labute approximate surface area is 129 Å². The Balaban J connectivity index is 2.15. The van der Waals surface area contributed by atoms with Crippen LogP contribution in [0, 0.1) is 5.41 Å².